The number of aromatic nitrogens is 1. The van der Waals surface area contributed by atoms with Gasteiger partial charge in [0.25, 0.3) is 0 Å². The van der Waals surface area contributed by atoms with E-state index >= 15 is 0 Å². The van der Waals surface area contributed by atoms with E-state index in [-0.39, 0.29) is 11.4 Å². The van der Waals surface area contributed by atoms with E-state index in [0.29, 0.717) is 0 Å². The normalized spacial score (nSPS) is 12.4. The van der Waals surface area contributed by atoms with Crippen molar-refractivity contribution in [3.05, 3.63) is 28.4 Å². The number of nitrogens with zero attached hydrogens (tertiary/aromatic N) is 3. The highest BCUT2D eigenvalue weighted by atomic mass is 32.2. The van der Waals surface area contributed by atoms with Gasteiger partial charge in [0.2, 0.25) is 10.0 Å². The third-order valence-electron chi connectivity index (χ3n) is 2.93. The minimum atomic E-state index is -4.13. The number of carboxylic acids is 1. The smallest absolute Gasteiger partial charge is 0.363 e. The van der Waals surface area contributed by atoms with Crippen LogP contribution in [0.3, 0.4) is 0 Å². The molecule has 10 heteroatoms. The first kappa shape index (κ1) is 17.0. The fraction of sp³-hybridized carbons (Fsp3) is 0.455. The van der Waals surface area contributed by atoms with Gasteiger partial charge in [-0.05, 0) is 29.8 Å². The zero-order valence-electron chi connectivity index (χ0n) is 11.7. The molecule has 0 aliphatic heterocycles. The fourth-order valence-electron chi connectivity index (χ4n) is 1.73. The standard InChI is InChI=1S/C11H15N3O6S/c1-4-13(11(2,3)10(15)16)21(19,20)8-5-6-9(12-7-8)14(17)18/h5-7H,4H2,1-3H3,(H,15,16). The van der Waals surface area contributed by atoms with Gasteiger partial charge < -0.3 is 15.2 Å². The van der Waals surface area contributed by atoms with Crippen molar-refractivity contribution in [2.24, 2.45) is 0 Å². The Morgan fingerprint density at radius 2 is 2.05 bits per heavy atom. The van der Waals surface area contributed by atoms with E-state index < -0.39 is 32.3 Å². The predicted molar refractivity (Wildman–Crippen MR) is 72.2 cm³/mol. The Labute approximate surface area is 121 Å². The number of hydrogen-bond donors (Lipinski definition) is 1. The molecule has 9 nitrogen and oxygen atoms in total. The molecule has 0 radical (unpaired) electrons. The quantitative estimate of drug-likeness (QED) is 0.608. The van der Waals surface area contributed by atoms with Crippen LogP contribution >= 0.6 is 0 Å². The van der Waals surface area contributed by atoms with Crippen molar-refractivity contribution in [2.75, 3.05) is 6.54 Å². The number of hydrogen-bond acceptors (Lipinski definition) is 6. The third kappa shape index (κ3) is 3.16. The van der Waals surface area contributed by atoms with E-state index in [1.807, 2.05) is 0 Å². The molecule has 0 aliphatic rings. The van der Waals surface area contributed by atoms with Gasteiger partial charge in [0.05, 0.1) is 0 Å². The average molecular weight is 317 g/mol. The Kier molecular flexibility index (Phi) is 4.64. The predicted octanol–water partition coefficient (Wildman–Crippen LogP) is 0.864. The van der Waals surface area contributed by atoms with E-state index in [1.165, 1.54) is 20.8 Å². The molecule has 21 heavy (non-hydrogen) atoms. The topological polar surface area (TPSA) is 131 Å². The number of carboxylic acid groups (broad SMARTS) is 1. The Hall–Kier alpha value is -2.07. The molecule has 0 unspecified atom stereocenters. The van der Waals surface area contributed by atoms with E-state index in [0.717, 1.165) is 22.6 Å². The van der Waals surface area contributed by atoms with E-state index in [9.17, 15) is 23.3 Å². The highest BCUT2D eigenvalue weighted by Crippen LogP contribution is 2.25. The van der Waals surface area contributed by atoms with Gasteiger partial charge in [-0.15, -0.1) is 0 Å². The van der Waals surface area contributed by atoms with Crippen LogP contribution in [0.2, 0.25) is 0 Å². The van der Waals surface area contributed by atoms with Gasteiger partial charge in [0.15, 0.2) is 6.20 Å². The molecule has 0 aromatic carbocycles. The SMILES string of the molecule is CCN(C(C)(C)C(=O)O)S(=O)(=O)c1ccc([N+](=O)[O-])nc1. The number of rotatable bonds is 6. The average Bonchev–Trinajstić information content (AvgIpc) is 2.38. The molecule has 0 atom stereocenters. The molecule has 1 heterocycles. The van der Waals surface area contributed by atoms with Crippen molar-refractivity contribution in [1.82, 2.24) is 9.29 Å². The summed E-state index contributed by atoms with van der Waals surface area (Å²) in [4.78, 5) is 24.1. The largest absolute Gasteiger partial charge is 0.480 e. The number of nitro groups is 1. The molecule has 0 bridgehead atoms. The minimum Gasteiger partial charge on any atom is -0.480 e. The molecule has 0 aliphatic carbocycles. The third-order valence-corrected chi connectivity index (χ3v) is 5.06. The summed E-state index contributed by atoms with van der Waals surface area (Å²) >= 11 is 0. The van der Waals surface area contributed by atoms with Crippen molar-refractivity contribution in [3.63, 3.8) is 0 Å². The molecule has 1 N–H and O–H groups in total. The molecule has 0 fully saturated rings. The lowest BCUT2D eigenvalue weighted by Gasteiger charge is -2.32. The summed E-state index contributed by atoms with van der Waals surface area (Å²) < 4.78 is 25.7. The Balaban J connectivity index is 3.31. The van der Waals surface area contributed by atoms with Crippen LogP contribution in [0, 0.1) is 10.1 Å². The molecule has 1 aromatic rings. The monoisotopic (exact) mass is 317 g/mol. The summed E-state index contributed by atoms with van der Waals surface area (Å²) in [5.41, 5.74) is -1.66. The van der Waals surface area contributed by atoms with Gasteiger partial charge in [-0.1, -0.05) is 6.92 Å². The maximum atomic E-state index is 12.4. The zero-order valence-corrected chi connectivity index (χ0v) is 12.5. The van der Waals surface area contributed by atoms with Gasteiger partial charge in [-0.2, -0.15) is 4.31 Å². The van der Waals surface area contributed by atoms with Gasteiger partial charge in [-0.3, -0.25) is 4.79 Å². The van der Waals surface area contributed by atoms with Gasteiger partial charge in [-0.25, -0.2) is 8.42 Å². The summed E-state index contributed by atoms with van der Waals surface area (Å²) in [5.74, 6) is -1.79. The second-order valence-corrected chi connectivity index (χ2v) is 6.51. The van der Waals surface area contributed by atoms with E-state index in [1.54, 1.807) is 0 Å². The highest BCUT2D eigenvalue weighted by molar-refractivity contribution is 7.89. The Bertz CT molecular complexity index is 653. The second-order valence-electron chi connectivity index (χ2n) is 4.64. The molecule has 0 spiro atoms. The molecule has 116 valence electrons. The number of aliphatic carboxylic acids is 1. The van der Waals surface area contributed by atoms with Gasteiger partial charge >= 0.3 is 11.8 Å². The maximum absolute atomic E-state index is 12.4. The van der Waals surface area contributed by atoms with Crippen molar-refractivity contribution in [3.8, 4) is 0 Å². The van der Waals surface area contributed by atoms with Crippen LogP contribution in [0.5, 0.6) is 0 Å². The van der Waals surface area contributed by atoms with Crippen molar-refractivity contribution < 1.29 is 23.2 Å². The molecule has 0 amide bonds. The first-order valence-corrected chi connectivity index (χ1v) is 7.35. The van der Waals surface area contributed by atoms with Gasteiger partial charge in [0, 0.05) is 12.6 Å². The number of carbonyl (C=O) groups is 1. The van der Waals surface area contributed by atoms with Crippen LogP contribution in [0.15, 0.2) is 23.2 Å². The first-order valence-electron chi connectivity index (χ1n) is 5.91. The van der Waals surface area contributed by atoms with Crippen molar-refractivity contribution >= 4 is 21.8 Å². The Morgan fingerprint density at radius 3 is 2.38 bits per heavy atom. The lowest BCUT2D eigenvalue weighted by molar-refractivity contribution is -0.389. The van der Waals surface area contributed by atoms with Gasteiger partial charge in [0.1, 0.15) is 10.4 Å². The van der Waals surface area contributed by atoms with Crippen LogP contribution in [0.4, 0.5) is 5.82 Å². The molecule has 1 aromatic heterocycles. The summed E-state index contributed by atoms with van der Waals surface area (Å²) in [5, 5.41) is 19.7. The van der Waals surface area contributed by atoms with Crippen molar-refractivity contribution in [1.29, 1.82) is 0 Å². The van der Waals surface area contributed by atoms with Crippen LogP contribution in [0.25, 0.3) is 0 Å². The van der Waals surface area contributed by atoms with Crippen LogP contribution < -0.4 is 0 Å². The minimum absolute atomic E-state index is 0.0708. The summed E-state index contributed by atoms with van der Waals surface area (Å²) in [7, 11) is -4.13. The zero-order chi connectivity index (χ0) is 16.4. The maximum Gasteiger partial charge on any atom is 0.363 e. The molecular formula is C11H15N3O6S. The van der Waals surface area contributed by atoms with Crippen LogP contribution in [-0.2, 0) is 14.8 Å². The molecular weight excluding hydrogens is 302 g/mol. The Morgan fingerprint density at radius 1 is 1.48 bits per heavy atom. The summed E-state index contributed by atoms with van der Waals surface area (Å²) in [6.07, 6.45) is 0.841. The van der Waals surface area contributed by atoms with Crippen molar-refractivity contribution in [2.45, 2.75) is 31.2 Å². The van der Waals surface area contributed by atoms with Crippen LogP contribution in [0.1, 0.15) is 20.8 Å². The summed E-state index contributed by atoms with van der Waals surface area (Å²) in [6, 6.07) is 1.98. The molecule has 0 saturated heterocycles. The number of sulfonamides is 1. The number of pyridine rings is 1. The summed E-state index contributed by atoms with van der Waals surface area (Å²) in [6.45, 7) is 3.95. The lowest BCUT2D eigenvalue weighted by Crippen LogP contribution is -2.52. The second kappa shape index (κ2) is 5.74. The molecule has 0 saturated carbocycles. The van der Waals surface area contributed by atoms with E-state index in [2.05, 4.69) is 4.98 Å². The molecule has 1 rings (SSSR count). The van der Waals surface area contributed by atoms with Crippen LogP contribution in [-0.4, -0.2) is 45.8 Å². The lowest BCUT2D eigenvalue weighted by atomic mass is 10.1. The first-order chi connectivity index (χ1) is 9.55. The van der Waals surface area contributed by atoms with E-state index in [4.69, 9.17) is 5.11 Å². The fourth-order valence-corrected chi connectivity index (χ4v) is 3.43. The number of likely N-dealkylation sites (N-methyl/N-ethyl adjacent to an activating group) is 1. The highest BCUT2D eigenvalue weighted by Gasteiger charge is 2.42.